The van der Waals surface area contributed by atoms with Gasteiger partial charge in [-0.05, 0) is 32.1 Å². The molecule has 0 radical (unpaired) electrons. The molecule has 3 rings (SSSR count). The van der Waals surface area contributed by atoms with E-state index >= 15 is 0 Å². The molecule has 0 spiro atoms. The molecule has 0 aliphatic carbocycles. The monoisotopic (exact) mass is 420 g/mol. The smallest absolute Gasteiger partial charge is 0.240 e. The normalized spacial score (nSPS) is 21.5. The van der Waals surface area contributed by atoms with Crippen LogP contribution in [-0.4, -0.2) is 42.5 Å². The number of amides is 1. The van der Waals surface area contributed by atoms with Crippen LogP contribution in [0.25, 0.3) is 10.6 Å². The van der Waals surface area contributed by atoms with E-state index in [0.29, 0.717) is 30.6 Å². The van der Waals surface area contributed by atoms with Gasteiger partial charge in [0.2, 0.25) is 5.91 Å². The van der Waals surface area contributed by atoms with E-state index in [2.05, 4.69) is 18.8 Å². The first kappa shape index (κ1) is 21.0. The molecule has 152 valence electrons. The molecular weight excluding hydrogens is 392 g/mol. The second-order valence-corrected chi connectivity index (χ2v) is 11.3. The van der Waals surface area contributed by atoms with Crippen LogP contribution in [0.5, 0.6) is 0 Å². The summed E-state index contributed by atoms with van der Waals surface area (Å²) in [6.45, 7) is 9.02. The van der Waals surface area contributed by atoms with Crippen LogP contribution in [0.1, 0.15) is 38.4 Å². The summed E-state index contributed by atoms with van der Waals surface area (Å²) in [6, 6.07) is 7.98. The lowest BCUT2D eigenvalue weighted by Crippen LogP contribution is -2.48. The molecule has 5 nitrogen and oxygen atoms in total. The van der Waals surface area contributed by atoms with Crippen LogP contribution in [0.15, 0.2) is 29.6 Å². The third kappa shape index (κ3) is 4.81. The van der Waals surface area contributed by atoms with E-state index in [4.69, 9.17) is 0 Å². The molecule has 1 aromatic heterocycles. The Bertz CT molecular complexity index is 925. The molecular formula is C21H28N2O3S2. The van der Waals surface area contributed by atoms with Gasteiger partial charge >= 0.3 is 0 Å². The summed E-state index contributed by atoms with van der Waals surface area (Å²) >= 11 is 1.43. The second-order valence-electron chi connectivity index (χ2n) is 8.15. The van der Waals surface area contributed by atoms with Crippen LogP contribution in [0.2, 0.25) is 0 Å². The van der Waals surface area contributed by atoms with Crippen molar-refractivity contribution in [2.45, 2.75) is 45.1 Å². The van der Waals surface area contributed by atoms with Crippen LogP contribution in [0.3, 0.4) is 0 Å². The van der Waals surface area contributed by atoms with Crippen molar-refractivity contribution in [2.24, 2.45) is 11.8 Å². The van der Waals surface area contributed by atoms with Gasteiger partial charge in [0.25, 0.3) is 0 Å². The molecule has 2 aromatic rings. The highest BCUT2D eigenvalue weighted by atomic mass is 32.2. The molecule has 1 aromatic carbocycles. The summed E-state index contributed by atoms with van der Waals surface area (Å²) in [7, 11) is -3.62. The minimum atomic E-state index is -3.62. The molecule has 3 atom stereocenters. The first-order valence-corrected chi connectivity index (χ1v) is 12.3. The SMILES string of the molecule is Cc1ccc(-c2nc(CS(=O)(=O)[C@@H](C)C(=O)N3C[C@H](C)C[C@H](C)C3)cs2)cc1. The molecule has 1 amide bonds. The van der Waals surface area contributed by atoms with Crippen molar-refractivity contribution in [3.63, 3.8) is 0 Å². The molecule has 1 saturated heterocycles. The Balaban J connectivity index is 1.71. The maximum Gasteiger partial charge on any atom is 0.240 e. The average Bonchev–Trinajstić information content (AvgIpc) is 3.08. The summed E-state index contributed by atoms with van der Waals surface area (Å²) in [5, 5.41) is 1.52. The van der Waals surface area contributed by atoms with E-state index in [-0.39, 0.29) is 11.7 Å². The zero-order chi connectivity index (χ0) is 20.5. The fraction of sp³-hybridized carbons (Fsp3) is 0.524. The van der Waals surface area contributed by atoms with Crippen LogP contribution in [0.4, 0.5) is 0 Å². The highest BCUT2D eigenvalue weighted by Crippen LogP contribution is 2.26. The fourth-order valence-corrected chi connectivity index (χ4v) is 5.98. The van der Waals surface area contributed by atoms with Crippen molar-refractivity contribution in [3.8, 4) is 10.6 Å². The summed E-state index contributed by atoms with van der Waals surface area (Å²) in [5.74, 6) is 0.310. The number of hydrogen-bond acceptors (Lipinski definition) is 5. The number of aromatic nitrogens is 1. The Labute approximate surface area is 171 Å². The molecule has 1 fully saturated rings. The number of likely N-dealkylation sites (tertiary alicyclic amines) is 1. The number of piperidine rings is 1. The molecule has 0 saturated carbocycles. The predicted molar refractivity (Wildman–Crippen MR) is 114 cm³/mol. The minimum absolute atomic E-state index is 0.207. The molecule has 2 heterocycles. The van der Waals surface area contributed by atoms with Gasteiger partial charge < -0.3 is 4.90 Å². The number of rotatable bonds is 5. The highest BCUT2D eigenvalue weighted by Gasteiger charge is 2.35. The molecule has 1 aliphatic rings. The predicted octanol–water partition coefficient (Wildman–Crippen LogP) is 3.93. The zero-order valence-corrected chi connectivity index (χ0v) is 18.5. The van der Waals surface area contributed by atoms with Gasteiger partial charge in [-0.15, -0.1) is 11.3 Å². The number of nitrogens with zero attached hydrogens (tertiary/aromatic N) is 2. The van der Waals surface area contributed by atoms with Gasteiger partial charge in [0.1, 0.15) is 10.3 Å². The number of thiazole rings is 1. The first-order valence-electron chi connectivity index (χ1n) is 9.67. The number of hydrogen-bond donors (Lipinski definition) is 0. The topological polar surface area (TPSA) is 67.3 Å². The van der Waals surface area contributed by atoms with Gasteiger partial charge in [0.15, 0.2) is 9.84 Å². The average molecular weight is 421 g/mol. The van der Waals surface area contributed by atoms with Crippen molar-refractivity contribution in [2.75, 3.05) is 13.1 Å². The third-order valence-electron chi connectivity index (χ3n) is 5.27. The van der Waals surface area contributed by atoms with E-state index in [1.165, 1.54) is 18.3 Å². The quantitative estimate of drug-likeness (QED) is 0.735. The lowest BCUT2D eigenvalue weighted by atomic mass is 9.92. The zero-order valence-electron chi connectivity index (χ0n) is 16.9. The molecule has 0 N–H and O–H groups in total. The first-order chi connectivity index (χ1) is 13.2. The van der Waals surface area contributed by atoms with Crippen LogP contribution in [0, 0.1) is 18.8 Å². The Hall–Kier alpha value is -1.73. The van der Waals surface area contributed by atoms with E-state index in [1.54, 1.807) is 10.3 Å². The van der Waals surface area contributed by atoms with Gasteiger partial charge in [0, 0.05) is 24.0 Å². The number of aryl methyl sites for hydroxylation is 1. The maximum atomic E-state index is 12.9. The molecule has 0 unspecified atom stereocenters. The van der Waals surface area contributed by atoms with E-state index in [0.717, 1.165) is 22.6 Å². The highest BCUT2D eigenvalue weighted by molar-refractivity contribution is 7.92. The molecule has 1 aliphatic heterocycles. The van der Waals surface area contributed by atoms with Gasteiger partial charge in [-0.25, -0.2) is 13.4 Å². The van der Waals surface area contributed by atoms with E-state index in [9.17, 15) is 13.2 Å². The number of carbonyl (C=O) groups excluding carboxylic acids is 1. The van der Waals surface area contributed by atoms with Crippen molar-refractivity contribution < 1.29 is 13.2 Å². The van der Waals surface area contributed by atoms with E-state index in [1.807, 2.05) is 31.2 Å². The summed E-state index contributed by atoms with van der Waals surface area (Å²) in [6.07, 6.45) is 1.07. The summed E-state index contributed by atoms with van der Waals surface area (Å²) < 4.78 is 25.7. The largest absolute Gasteiger partial charge is 0.341 e. The van der Waals surface area contributed by atoms with Crippen molar-refractivity contribution in [1.82, 2.24) is 9.88 Å². The number of benzene rings is 1. The third-order valence-corrected chi connectivity index (χ3v) is 8.18. The van der Waals surface area contributed by atoms with Gasteiger partial charge in [-0.3, -0.25) is 4.79 Å². The van der Waals surface area contributed by atoms with Crippen LogP contribution in [-0.2, 0) is 20.4 Å². The Morgan fingerprint density at radius 3 is 2.43 bits per heavy atom. The van der Waals surface area contributed by atoms with Gasteiger partial charge in [-0.2, -0.15) is 0 Å². The standard InChI is InChI=1S/C21H28N2O3S2/c1-14-5-7-18(8-6-14)20-22-19(12-27-20)13-28(25,26)17(4)21(24)23-10-15(2)9-16(3)11-23/h5-8,12,15-17H,9-11,13H2,1-4H3/t15-,16+,17-/m0/s1. The van der Waals surface area contributed by atoms with Crippen LogP contribution < -0.4 is 0 Å². The Kier molecular flexibility index (Phi) is 6.25. The fourth-order valence-electron chi connectivity index (χ4n) is 3.79. The van der Waals surface area contributed by atoms with Crippen molar-refractivity contribution in [3.05, 3.63) is 40.9 Å². The minimum Gasteiger partial charge on any atom is -0.341 e. The lowest BCUT2D eigenvalue weighted by molar-refractivity contribution is -0.133. The Morgan fingerprint density at radius 2 is 1.82 bits per heavy atom. The second kappa shape index (κ2) is 8.33. The Morgan fingerprint density at radius 1 is 1.21 bits per heavy atom. The maximum absolute atomic E-state index is 12.9. The van der Waals surface area contributed by atoms with Crippen LogP contribution >= 0.6 is 11.3 Å². The molecule has 7 heteroatoms. The van der Waals surface area contributed by atoms with Gasteiger partial charge in [-0.1, -0.05) is 43.7 Å². The van der Waals surface area contributed by atoms with Crippen molar-refractivity contribution >= 4 is 27.1 Å². The van der Waals surface area contributed by atoms with Crippen molar-refractivity contribution in [1.29, 1.82) is 0 Å². The summed E-state index contributed by atoms with van der Waals surface area (Å²) in [4.78, 5) is 19.0. The lowest BCUT2D eigenvalue weighted by Gasteiger charge is -2.36. The van der Waals surface area contributed by atoms with E-state index < -0.39 is 15.1 Å². The number of carbonyl (C=O) groups is 1. The molecule has 28 heavy (non-hydrogen) atoms. The van der Waals surface area contributed by atoms with Gasteiger partial charge in [0.05, 0.1) is 11.4 Å². The summed E-state index contributed by atoms with van der Waals surface area (Å²) in [5.41, 5.74) is 2.64. The molecule has 0 bridgehead atoms. The number of sulfone groups is 1.